The fourth-order valence-electron chi connectivity index (χ4n) is 10.9. The zero-order valence-electron chi connectivity index (χ0n) is 46.8. The van der Waals surface area contributed by atoms with Gasteiger partial charge in [-0.2, -0.15) is 0 Å². The molecule has 0 bridgehead atoms. The van der Waals surface area contributed by atoms with Crippen LogP contribution in [0.15, 0.2) is 133 Å². The number of aryl methyl sites for hydroxylation is 9. The van der Waals surface area contributed by atoms with Crippen LogP contribution in [-0.2, 0) is 42.3 Å². The van der Waals surface area contributed by atoms with Gasteiger partial charge >= 0.3 is 0 Å². The van der Waals surface area contributed by atoms with E-state index in [4.69, 9.17) is 66.3 Å². The molecular formula is C63H59BrCl4N10O3. The van der Waals surface area contributed by atoms with Crippen LogP contribution in [0.2, 0.25) is 20.1 Å². The molecule has 0 amide bonds. The second kappa shape index (κ2) is 22.7. The summed E-state index contributed by atoms with van der Waals surface area (Å²) in [5.41, 5.74) is 25.0. The number of methoxy groups -OCH3 is 3. The zero-order chi connectivity index (χ0) is 57.9. The lowest BCUT2D eigenvalue weighted by Gasteiger charge is -2.12. The summed E-state index contributed by atoms with van der Waals surface area (Å²) in [4.78, 5) is 13.9. The largest absolute Gasteiger partial charge is 0.495 e. The minimum atomic E-state index is 0.575. The molecule has 12 rings (SSSR count). The molecule has 414 valence electrons. The Morgan fingerprint density at radius 2 is 0.728 bits per heavy atom. The molecule has 6 aromatic heterocycles. The maximum atomic E-state index is 6.42. The van der Waals surface area contributed by atoms with Gasteiger partial charge in [0.05, 0.1) is 105 Å². The molecule has 0 spiro atoms. The van der Waals surface area contributed by atoms with E-state index in [9.17, 15) is 0 Å². The maximum absolute atomic E-state index is 6.42. The SMILES string of the molecule is COc1c(C)cc(-c2ncn(C)c2-c2ccc3c(c2)c(Cl)cn3C)cc1Br.COc1c(C)cc(-c2ncn(C)c2-c2ccc3c(c2)c(Cl)cn3C)cc1Cl.COc1c(C)cc(-c2ncn(C)c2-c2ccc3c(c2)c(Cl)cn3C)cc1N. The molecule has 0 saturated heterocycles. The van der Waals surface area contributed by atoms with Crippen molar-refractivity contribution >= 4 is 101 Å². The molecule has 13 nitrogen and oxygen atoms in total. The van der Waals surface area contributed by atoms with E-state index < -0.39 is 0 Å². The minimum Gasteiger partial charge on any atom is -0.495 e. The first kappa shape index (κ1) is 56.7. The molecule has 6 aromatic carbocycles. The van der Waals surface area contributed by atoms with Crippen molar-refractivity contribution in [1.29, 1.82) is 0 Å². The van der Waals surface area contributed by atoms with Crippen LogP contribution >= 0.6 is 62.3 Å². The highest BCUT2D eigenvalue weighted by Crippen LogP contribution is 2.42. The Balaban J connectivity index is 0.000000136. The van der Waals surface area contributed by atoms with Crippen molar-refractivity contribution < 1.29 is 14.2 Å². The highest BCUT2D eigenvalue weighted by atomic mass is 79.9. The van der Waals surface area contributed by atoms with E-state index in [0.717, 1.165) is 142 Å². The summed E-state index contributed by atoms with van der Waals surface area (Å²) in [5.74, 6) is 2.23. The van der Waals surface area contributed by atoms with Crippen LogP contribution in [0.3, 0.4) is 0 Å². The maximum Gasteiger partial charge on any atom is 0.144 e. The Bertz CT molecular complexity index is 3900. The van der Waals surface area contributed by atoms with Crippen LogP contribution in [-0.4, -0.2) is 63.7 Å². The van der Waals surface area contributed by atoms with Gasteiger partial charge in [0.15, 0.2) is 0 Å². The number of anilines is 1. The molecular weight excluding hydrogens is 1170 g/mol. The highest BCUT2D eigenvalue weighted by Gasteiger charge is 2.22. The van der Waals surface area contributed by atoms with E-state index in [1.807, 2.05) is 152 Å². The number of nitrogens with two attached hydrogens (primary N) is 1. The molecule has 12 aromatic rings. The average molecular weight is 1230 g/mol. The number of fused-ring (bicyclic) bond motifs is 3. The fourth-order valence-corrected chi connectivity index (χ4v) is 12.8. The first-order valence-electron chi connectivity index (χ1n) is 25.6. The fraction of sp³-hybridized carbons (Fsp3) is 0.190. The second-order valence-electron chi connectivity index (χ2n) is 20.1. The van der Waals surface area contributed by atoms with Crippen molar-refractivity contribution in [2.45, 2.75) is 20.8 Å². The molecule has 0 saturated carbocycles. The molecule has 0 unspecified atom stereocenters. The van der Waals surface area contributed by atoms with Crippen molar-refractivity contribution in [3.8, 4) is 84.8 Å². The molecule has 0 atom stereocenters. The lowest BCUT2D eigenvalue weighted by Crippen LogP contribution is -1.97. The number of benzene rings is 6. The molecule has 0 aliphatic heterocycles. The van der Waals surface area contributed by atoms with Crippen LogP contribution in [0.1, 0.15) is 16.7 Å². The molecule has 2 N–H and O–H groups in total. The van der Waals surface area contributed by atoms with Crippen molar-refractivity contribution in [1.82, 2.24) is 42.4 Å². The Morgan fingerprint density at radius 3 is 1.06 bits per heavy atom. The van der Waals surface area contributed by atoms with E-state index in [1.54, 1.807) is 21.3 Å². The number of halogens is 5. The molecule has 6 heterocycles. The standard InChI is InChI=1S/C21H19BrClN3O.C21H19Cl2N3O.C21H21ClN4O/c2*1-12-7-14(9-16(22)21(12)27-4)19-20(26(3)11-24-19)13-5-6-18-15(8-13)17(23)10-25(18)2;1-12-7-14(9-17(23)21(12)27-4)19-20(26(3)11-24-19)13-5-6-18-15(8-13)16(22)10-25(18)2/h2*5-11H,1-4H3;5-11H,23H2,1-4H3. The van der Waals surface area contributed by atoms with Gasteiger partial charge < -0.3 is 47.3 Å². The average Bonchev–Trinajstić information content (AvgIpc) is 4.44. The number of hydrogen-bond acceptors (Lipinski definition) is 7. The summed E-state index contributed by atoms with van der Waals surface area (Å²) in [6.45, 7) is 6.00. The third-order valence-corrected chi connectivity index (χ3v) is 16.4. The van der Waals surface area contributed by atoms with Gasteiger partial charge in [-0.1, -0.05) is 64.6 Å². The zero-order valence-corrected chi connectivity index (χ0v) is 51.5. The lowest BCUT2D eigenvalue weighted by atomic mass is 10.0. The molecule has 0 fully saturated rings. The van der Waals surface area contributed by atoms with Gasteiger partial charge in [-0.3, -0.25) is 0 Å². The molecule has 0 aliphatic carbocycles. The van der Waals surface area contributed by atoms with Gasteiger partial charge in [0.1, 0.15) is 17.2 Å². The predicted octanol–water partition coefficient (Wildman–Crippen LogP) is 16.6. The van der Waals surface area contributed by atoms with Gasteiger partial charge in [0.2, 0.25) is 0 Å². The second-order valence-corrected chi connectivity index (χ2v) is 22.6. The summed E-state index contributed by atoms with van der Waals surface area (Å²) in [5, 5.41) is 5.88. The van der Waals surface area contributed by atoms with Gasteiger partial charge in [0, 0.05) is 127 Å². The number of imidazole rings is 3. The number of rotatable bonds is 9. The Kier molecular flexibility index (Phi) is 15.9. The highest BCUT2D eigenvalue weighted by molar-refractivity contribution is 9.10. The van der Waals surface area contributed by atoms with Gasteiger partial charge in [0.25, 0.3) is 0 Å². The predicted molar refractivity (Wildman–Crippen MR) is 338 cm³/mol. The minimum absolute atomic E-state index is 0.575. The van der Waals surface area contributed by atoms with E-state index in [0.29, 0.717) is 22.2 Å². The van der Waals surface area contributed by atoms with E-state index in [2.05, 4.69) is 97.6 Å². The van der Waals surface area contributed by atoms with Crippen molar-refractivity contribution in [3.63, 3.8) is 0 Å². The molecule has 81 heavy (non-hydrogen) atoms. The van der Waals surface area contributed by atoms with Crippen molar-refractivity contribution in [2.75, 3.05) is 27.1 Å². The normalized spacial score (nSPS) is 11.3. The smallest absolute Gasteiger partial charge is 0.144 e. The van der Waals surface area contributed by atoms with Crippen LogP contribution in [0.4, 0.5) is 5.69 Å². The van der Waals surface area contributed by atoms with Crippen molar-refractivity contribution in [3.05, 3.63) is 170 Å². The van der Waals surface area contributed by atoms with Gasteiger partial charge in [-0.25, -0.2) is 15.0 Å². The first-order valence-corrected chi connectivity index (χ1v) is 27.9. The van der Waals surface area contributed by atoms with Crippen LogP contribution in [0.5, 0.6) is 17.2 Å². The van der Waals surface area contributed by atoms with E-state index in [1.165, 1.54) is 0 Å². The summed E-state index contributed by atoms with van der Waals surface area (Å²) in [6, 6.07) is 31.0. The number of aromatic nitrogens is 9. The summed E-state index contributed by atoms with van der Waals surface area (Å²) in [7, 11) is 16.9. The Labute approximate surface area is 498 Å². The van der Waals surface area contributed by atoms with Crippen LogP contribution < -0.4 is 19.9 Å². The number of ether oxygens (including phenoxy) is 3. The summed E-state index contributed by atoms with van der Waals surface area (Å²) >= 11 is 29.3. The van der Waals surface area contributed by atoms with E-state index in [-0.39, 0.29) is 0 Å². The lowest BCUT2D eigenvalue weighted by molar-refractivity contribution is 0.409. The quantitative estimate of drug-likeness (QED) is 0.143. The first-order chi connectivity index (χ1) is 38.7. The number of hydrogen-bond donors (Lipinski definition) is 1. The van der Waals surface area contributed by atoms with Crippen LogP contribution in [0, 0.1) is 20.8 Å². The molecule has 0 aliphatic rings. The topological polar surface area (TPSA) is 122 Å². The monoisotopic (exact) mass is 1220 g/mol. The summed E-state index contributed by atoms with van der Waals surface area (Å²) in [6.07, 6.45) is 11.3. The third kappa shape index (κ3) is 10.6. The Morgan fingerprint density at radius 1 is 0.395 bits per heavy atom. The van der Waals surface area contributed by atoms with Gasteiger partial charge in [-0.05, 0) is 126 Å². The molecule has 18 heteroatoms. The Hall–Kier alpha value is -7.59. The van der Waals surface area contributed by atoms with Gasteiger partial charge in [-0.15, -0.1) is 0 Å². The third-order valence-electron chi connectivity index (χ3n) is 14.6. The van der Waals surface area contributed by atoms with E-state index >= 15 is 0 Å². The summed E-state index contributed by atoms with van der Waals surface area (Å²) < 4.78 is 29.3. The van der Waals surface area contributed by atoms with Crippen LogP contribution in [0.25, 0.3) is 100 Å². The van der Waals surface area contributed by atoms with Crippen molar-refractivity contribution in [2.24, 2.45) is 42.3 Å². The number of nitrogen functional groups attached to an aromatic ring is 1. The molecule has 0 radical (unpaired) electrons. The number of nitrogens with zero attached hydrogens (tertiary/aromatic N) is 9.